The largest absolute Gasteiger partial charge is 0.481 e. The molecule has 0 saturated heterocycles. The zero-order chi connectivity index (χ0) is 12.8. The first-order chi connectivity index (χ1) is 8.02. The zero-order valence-electron chi connectivity index (χ0n) is 10.0. The van der Waals surface area contributed by atoms with Crippen molar-refractivity contribution in [2.45, 2.75) is 39.3 Å². The van der Waals surface area contributed by atoms with Crippen LogP contribution in [-0.2, 0) is 16.1 Å². The molecule has 6 nitrogen and oxygen atoms in total. The normalized spacial score (nSPS) is 12.1. The van der Waals surface area contributed by atoms with E-state index in [1.807, 2.05) is 6.92 Å². The van der Waals surface area contributed by atoms with E-state index in [0.29, 0.717) is 0 Å². The van der Waals surface area contributed by atoms with Crippen molar-refractivity contribution in [3.05, 3.63) is 18.0 Å². The molecule has 0 bridgehead atoms. The van der Waals surface area contributed by atoms with Crippen LogP contribution in [0.3, 0.4) is 0 Å². The van der Waals surface area contributed by atoms with Gasteiger partial charge in [0.05, 0.1) is 18.7 Å². The molecule has 0 aliphatic carbocycles. The molecule has 0 saturated carbocycles. The minimum Gasteiger partial charge on any atom is -0.481 e. The van der Waals surface area contributed by atoms with Crippen molar-refractivity contribution >= 4 is 11.9 Å². The lowest BCUT2D eigenvalue weighted by molar-refractivity contribution is -0.137. The van der Waals surface area contributed by atoms with E-state index in [0.717, 1.165) is 18.5 Å². The third-order valence-corrected chi connectivity index (χ3v) is 2.26. The quantitative estimate of drug-likeness (QED) is 0.774. The van der Waals surface area contributed by atoms with Gasteiger partial charge in [-0.3, -0.25) is 14.3 Å². The first kappa shape index (κ1) is 13.2. The van der Waals surface area contributed by atoms with Crippen LogP contribution in [0.5, 0.6) is 0 Å². The minimum atomic E-state index is -0.952. The molecule has 0 aliphatic heterocycles. The van der Waals surface area contributed by atoms with Crippen LogP contribution in [0.15, 0.2) is 12.4 Å². The van der Waals surface area contributed by atoms with Gasteiger partial charge in [0.15, 0.2) is 0 Å². The standard InChI is InChI=1S/C11H17N3O3/c1-3-4-14-7-9(6-12-14)10(5-11(16)17)13-8(2)15/h6-7,10H,3-5H2,1-2H3,(H,13,15)(H,16,17). The molecule has 0 aromatic carbocycles. The van der Waals surface area contributed by atoms with Gasteiger partial charge < -0.3 is 10.4 Å². The number of aryl methyl sites for hydroxylation is 1. The van der Waals surface area contributed by atoms with E-state index in [1.54, 1.807) is 17.1 Å². The van der Waals surface area contributed by atoms with Gasteiger partial charge in [-0.1, -0.05) is 6.92 Å². The lowest BCUT2D eigenvalue weighted by atomic mass is 10.1. The molecule has 0 aliphatic rings. The Morgan fingerprint density at radius 1 is 1.59 bits per heavy atom. The first-order valence-corrected chi connectivity index (χ1v) is 5.54. The number of nitrogens with zero attached hydrogens (tertiary/aromatic N) is 2. The number of carbonyl (C=O) groups excluding carboxylic acids is 1. The maximum Gasteiger partial charge on any atom is 0.305 e. The van der Waals surface area contributed by atoms with Gasteiger partial charge >= 0.3 is 5.97 Å². The Morgan fingerprint density at radius 2 is 2.29 bits per heavy atom. The lowest BCUT2D eigenvalue weighted by Gasteiger charge is -2.13. The van der Waals surface area contributed by atoms with E-state index in [9.17, 15) is 9.59 Å². The predicted molar refractivity (Wildman–Crippen MR) is 61.3 cm³/mol. The summed E-state index contributed by atoms with van der Waals surface area (Å²) in [5.74, 6) is -1.20. The maximum absolute atomic E-state index is 11.0. The third-order valence-electron chi connectivity index (χ3n) is 2.26. The van der Waals surface area contributed by atoms with E-state index in [-0.39, 0.29) is 12.3 Å². The van der Waals surface area contributed by atoms with Gasteiger partial charge in [0.1, 0.15) is 0 Å². The number of carbonyl (C=O) groups is 2. The Hall–Kier alpha value is -1.85. The second-order valence-corrected chi connectivity index (χ2v) is 3.89. The van der Waals surface area contributed by atoms with Crippen molar-refractivity contribution in [3.8, 4) is 0 Å². The number of aliphatic carboxylic acids is 1. The molecule has 94 valence electrons. The summed E-state index contributed by atoms with van der Waals surface area (Å²) in [6, 6.07) is -0.518. The molecule has 1 aromatic rings. The zero-order valence-corrected chi connectivity index (χ0v) is 10.0. The first-order valence-electron chi connectivity index (χ1n) is 5.54. The molecular formula is C11H17N3O3. The highest BCUT2D eigenvalue weighted by molar-refractivity contribution is 5.75. The van der Waals surface area contributed by atoms with Crippen molar-refractivity contribution in [3.63, 3.8) is 0 Å². The molecular weight excluding hydrogens is 222 g/mol. The molecule has 17 heavy (non-hydrogen) atoms. The Morgan fingerprint density at radius 3 is 2.82 bits per heavy atom. The Balaban J connectivity index is 2.79. The fourth-order valence-electron chi connectivity index (χ4n) is 1.58. The van der Waals surface area contributed by atoms with Gasteiger partial charge in [0.2, 0.25) is 5.91 Å². The number of hydrogen-bond donors (Lipinski definition) is 2. The highest BCUT2D eigenvalue weighted by Crippen LogP contribution is 2.16. The molecule has 2 N–H and O–H groups in total. The van der Waals surface area contributed by atoms with E-state index < -0.39 is 12.0 Å². The molecule has 1 unspecified atom stereocenters. The molecule has 1 amide bonds. The maximum atomic E-state index is 11.0. The minimum absolute atomic E-state index is 0.141. The Bertz CT molecular complexity index is 384. The second-order valence-electron chi connectivity index (χ2n) is 3.89. The number of aromatic nitrogens is 2. The van der Waals surface area contributed by atoms with E-state index in [4.69, 9.17) is 5.11 Å². The average Bonchev–Trinajstić information content (AvgIpc) is 2.64. The van der Waals surface area contributed by atoms with Gasteiger partial charge in [0, 0.05) is 25.2 Å². The highest BCUT2D eigenvalue weighted by Gasteiger charge is 2.18. The summed E-state index contributed by atoms with van der Waals surface area (Å²) in [5, 5.41) is 15.5. The second kappa shape index (κ2) is 6.03. The lowest BCUT2D eigenvalue weighted by Crippen LogP contribution is -2.27. The average molecular weight is 239 g/mol. The van der Waals surface area contributed by atoms with E-state index in [2.05, 4.69) is 10.4 Å². The van der Waals surface area contributed by atoms with Crippen LogP contribution >= 0.6 is 0 Å². The summed E-state index contributed by atoms with van der Waals surface area (Å²) in [6.07, 6.45) is 4.18. The summed E-state index contributed by atoms with van der Waals surface area (Å²) in [6.45, 7) is 4.18. The van der Waals surface area contributed by atoms with Gasteiger partial charge in [-0.15, -0.1) is 0 Å². The molecule has 0 radical (unpaired) electrons. The van der Waals surface area contributed by atoms with Crippen LogP contribution in [-0.4, -0.2) is 26.8 Å². The van der Waals surface area contributed by atoms with Crippen LogP contribution in [0, 0.1) is 0 Å². The van der Waals surface area contributed by atoms with Crippen molar-refractivity contribution in [1.82, 2.24) is 15.1 Å². The Kier molecular flexibility index (Phi) is 4.68. The molecule has 1 atom stereocenters. The summed E-state index contributed by atoms with van der Waals surface area (Å²) in [5.41, 5.74) is 0.719. The number of amides is 1. The van der Waals surface area contributed by atoms with Gasteiger partial charge in [-0.05, 0) is 6.42 Å². The number of carboxylic acids is 1. The summed E-state index contributed by atoms with van der Waals surface area (Å²) >= 11 is 0. The van der Waals surface area contributed by atoms with Crippen LogP contribution in [0.1, 0.15) is 38.3 Å². The number of rotatable bonds is 6. The van der Waals surface area contributed by atoms with Crippen LogP contribution in [0.4, 0.5) is 0 Å². The van der Waals surface area contributed by atoms with Crippen molar-refractivity contribution in [2.75, 3.05) is 0 Å². The van der Waals surface area contributed by atoms with Crippen molar-refractivity contribution < 1.29 is 14.7 Å². The van der Waals surface area contributed by atoms with Gasteiger partial charge in [-0.2, -0.15) is 5.10 Å². The molecule has 1 aromatic heterocycles. The highest BCUT2D eigenvalue weighted by atomic mass is 16.4. The van der Waals surface area contributed by atoms with Gasteiger partial charge in [0.25, 0.3) is 0 Å². The third kappa shape index (κ3) is 4.26. The molecule has 0 fully saturated rings. The Labute approximate surface area is 99.6 Å². The molecule has 1 heterocycles. The van der Waals surface area contributed by atoms with Crippen LogP contribution < -0.4 is 5.32 Å². The summed E-state index contributed by atoms with van der Waals surface area (Å²) in [4.78, 5) is 21.7. The monoisotopic (exact) mass is 239 g/mol. The molecule has 1 rings (SSSR count). The number of nitrogens with one attached hydrogen (secondary N) is 1. The van der Waals surface area contributed by atoms with E-state index in [1.165, 1.54) is 6.92 Å². The fraction of sp³-hybridized carbons (Fsp3) is 0.545. The van der Waals surface area contributed by atoms with Crippen molar-refractivity contribution in [2.24, 2.45) is 0 Å². The fourth-order valence-corrected chi connectivity index (χ4v) is 1.58. The number of hydrogen-bond acceptors (Lipinski definition) is 3. The van der Waals surface area contributed by atoms with Crippen molar-refractivity contribution in [1.29, 1.82) is 0 Å². The SMILES string of the molecule is CCCn1cc(C(CC(=O)O)NC(C)=O)cn1. The van der Waals surface area contributed by atoms with E-state index >= 15 is 0 Å². The van der Waals surface area contributed by atoms with Gasteiger partial charge in [-0.25, -0.2) is 0 Å². The number of carboxylic acid groups (broad SMARTS) is 1. The topological polar surface area (TPSA) is 84.2 Å². The predicted octanol–water partition coefficient (Wildman–Crippen LogP) is 0.945. The summed E-state index contributed by atoms with van der Waals surface area (Å²) < 4.78 is 1.74. The van der Waals surface area contributed by atoms with Crippen LogP contribution in [0.25, 0.3) is 0 Å². The molecule has 0 spiro atoms. The van der Waals surface area contributed by atoms with Crippen LogP contribution in [0.2, 0.25) is 0 Å². The smallest absolute Gasteiger partial charge is 0.305 e. The summed E-state index contributed by atoms with van der Waals surface area (Å²) in [7, 11) is 0. The molecule has 6 heteroatoms.